The van der Waals surface area contributed by atoms with Crippen molar-refractivity contribution in [3.8, 4) is 0 Å². The van der Waals surface area contributed by atoms with Crippen LogP contribution in [0.1, 0.15) is 35.4 Å². The number of rotatable bonds is 6. The van der Waals surface area contributed by atoms with E-state index < -0.39 is 0 Å². The molecule has 0 atom stereocenters. The second-order valence-electron chi connectivity index (χ2n) is 5.65. The van der Waals surface area contributed by atoms with E-state index in [1.165, 1.54) is 17.8 Å². The molecule has 2 N–H and O–H groups in total. The van der Waals surface area contributed by atoms with Crippen LogP contribution in [0.15, 0.2) is 4.90 Å². The summed E-state index contributed by atoms with van der Waals surface area (Å²) in [6.07, 6.45) is 6.80. The maximum Gasteiger partial charge on any atom is 0.178 e. The van der Waals surface area contributed by atoms with Crippen molar-refractivity contribution in [3.05, 3.63) is 4.88 Å². The van der Waals surface area contributed by atoms with Crippen molar-refractivity contribution in [2.75, 3.05) is 30.5 Å². The molecule has 2 aliphatic rings. The lowest BCUT2D eigenvalue weighted by molar-refractivity contribution is 0.0972. The highest BCUT2D eigenvalue weighted by Gasteiger charge is 2.34. The Hall–Kier alpha value is -0.680. The molecular formula is C14H20N2OS2. The molecule has 104 valence electrons. The molecule has 0 unspecified atom stereocenters. The van der Waals surface area contributed by atoms with Crippen LogP contribution in [-0.2, 0) is 0 Å². The van der Waals surface area contributed by atoms with Crippen LogP contribution >= 0.6 is 23.1 Å². The quantitative estimate of drug-likeness (QED) is 0.645. The predicted molar refractivity (Wildman–Crippen MR) is 83.6 cm³/mol. The average Bonchev–Trinajstić information content (AvgIpc) is 3.26. The summed E-state index contributed by atoms with van der Waals surface area (Å²) in [6.45, 7) is 1.09. The van der Waals surface area contributed by atoms with Gasteiger partial charge >= 0.3 is 0 Å². The number of hydrogen-bond acceptors (Lipinski definition) is 5. The van der Waals surface area contributed by atoms with E-state index in [0.717, 1.165) is 35.1 Å². The van der Waals surface area contributed by atoms with Crippen molar-refractivity contribution < 1.29 is 4.79 Å². The Bertz CT molecular complexity index is 504. The largest absolute Gasteiger partial charge is 0.396 e. The summed E-state index contributed by atoms with van der Waals surface area (Å²) in [7, 11) is 2.12. The molecule has 2 aliphatic carbocycles. The van der Waals surface area contributed by atoms with Gasteiger partial charge in [-0.15, -0.1) is 23.1 Å². The van der Waals surface area contributed by atoms with Gasteiger partial charge in [0.2, 0.25) is 0 Å². The Morgan fingerprint density at radius 3 is 2.63 bits per heavy atom. The third kappa shape index (κ3) is 2.63. The van der Waals surface area contributed by atoms with Gasteiger partial charge in [0.25, 0.3) is 0 Å². The second kappa shape index (κ2) is 5.02. The highest BCUT2D eigenvalue weighted by atomic mass is 32.2. The van der Waals surface area contributed by atoms with Gasteiger partial charge in [0.1, 0.15) is 5.00 Å². The minimum Gasteiger partial charge on any atom is -0.396 e. The summed E-state index contributed by atoms with van der Waals surface area (Å²) in [5, 5.41) is 1.18. The molecule has 0 aliphatic heterocycles. The van der Waals surface area contributed by atoms with Crippen LogP contribution in [0.3, 0.4) is 0 Å². The molecule has 3 nitrogen and oxygen atoms in total. The fraction of sp³-hybridized carbons (Fsp3) is 0.643. The topological polar surface area (TPSA) is 46.3 Å². The molecule has 1 aromatic rings. The van der Waals surface area contributed by atoms with Crippen LogP contribution in [-0.4, -0.2) is 25.6 Å². The molecule has 1 heterocycles. The van der Waals surface area contributed by atoms with Gasteiger partial charge in [-0.3, -0.25) is 4.79 Å². The molecule has 1 aromatic heterocycles. The van der Waals surface area contributed by atoms with E-state index in [1.807, 2.05) is 6.26 Å². The van der Waals surface area contributed by atoms with Crippen LogP contribution in [0.5, 0.6) is 0 Å². The van der Waals surface area contributed by atoms with Crippen molar-refractivity contribution >= 4 is 39.6 Å². The number of thiophene rings is 1. The van der Waals surface area contributed by atoms with Gasteiger partial charge in [-0.1, -0.05) is 0 Å². The lowest BCUT2D eigenvalue weighted by atomic mass is 10.2. The van der Waals surface area contributed by atoms with Crippen LogP contribution < -0.4 is 10.6 Å². The van der Waals surface area contributed by atoms with Gasteiger partial charge in [0, 0.05) is 19.5 Å². The monoisotopic (exact) mass is 296 g/mol. The van der Waals surface area contributed by atoms with Gasteiger partial charge in [0.05, 0.1) is 15.5 Å². The van der Waals surface area contributed by atoms with Gasteiger partial charge in [0.15, 0.2) is 5.78 Å². The lowest BCUT2D eigenvalue weighted by Gasteiger charge is -2.18. The van der Waals surface area contributed by atoms with E-state index in [0.29, 0.717) is 5.69 Å². The van der Waals surface area contributed by atoms with E-state index in [-0.39, 0.29) is 11.7 Å². The smallest absolute Gasteiger partial charge is 0.178 e. The van der Waals surface area contributed by atoms with E-state index in [9.17, 15) is 4.79 Å². The number of Topliss-reactive ketones (excluding diaryl/α,β-unsaturated/α-hetero) is 1. The zero-order valence-corrected chi connectivity index (χ0v) is 13.1. The van der Waals surface area contributed by atoms with E-state index >= 15 is 0 Å². The zero-order chi connectivity index (χ0) is 13.6. The number of nitrogens with two attached hydrogens (primary N) is 1. The first kappa shape index (κ1) is 13.3. The first-order valence-electron chi connectivity index (χ1n) is 6.83. The van der Waals surface area contributed by atoms with Crippen LogP contribution in [0.25, 0.3) is 0 Å². The summed E-state index contributed by atoms with van der Waals surface area (Å²) < 4.78 is 0. The average molecular weight is 296 g/mol. The molecule has 0 saturated heterocycles. The number of ketones is 1. The lowest BCUT2D eigenvalue weighted by Crippen LogP contribution is -2.19. The molecule has 0 amide bonds. The maximum absolute atomic E-state index is 12.3. The molecule has 0 radical (unpaired) electrons. The fourth-order valence-electron chi connectivity index (χ4n) is 2.35. The highest BCUT2D eigenvalue weighted by molar-refractivity contribution is 7.99. The molecule has 0 aromatic carbocycles. The number of carbonyl (C=O) groups is 1. The number of carbonyl (C=O) groups excluding carboxylic acids is 1. The number of thioether (sulfide) groups is 1. The Labute approximate surface area is 122 Å². The highest BCUT2D eigenvalue weighted by Crippen LogP contribution is 2.47. The normalized spacial score (nSPS) is 18.6. The molecule has 3 rings (SSSR count). The molecule has 2 saturated carbocycles. The summed E-state index contributed by atoms with van der Waals surface area (Å²) in [6, 6.07) is 0. The Balaban J connectivity index is 1.88. The Morgan fingerprint density at radius 2 is 2.11 bits per heavy atom. The number of nitrogens with zero attached hydrogens (tertiary/aromatic N) is 1. The van der Waals surface area contributed by atoms with Gasteiger partial charge in [-0.2, -0.15) is 0 Å². The summed E-state index contributed by atoms with van der Waals surface area (Å²) in [5.74, 6) is 1.35. The number of anilines is 2. The summed E-state index contributed by atoms with van der Waals surface area (Å²) >= 11 is 3.26. The van der Waals surface area contributed by atoms with Crippen LogP contribution in [0, 0.1) is 11.8 Å². The zero-order valence-electron chi connectivity index (χ0n) is 11.4. The predicted octanol–water partition coefficient (Wildman–Crippen LogP) is 3.49. The van der Waals surface area contributed by atoms with Crippen molar-refractivity contribution in [2.45, 2.75) is 30.6 Å². The molecule has 2 fully saturated rings. The van der Waals surface area contributed by atoms with Gasteiger partial charge < -0.3 is 10.6 Å². The molecule has 5 heteroatoms. The molecule has 0 bridgehead atoms. The molecule has 0 spiro atoms. The third-order valence-corrected chi connectivity index (χ3v) is 6.12. The minimum absolute atomic E-state index is 0.247. The number of hydrogen-bond donors (Lipinski definition) is 1. The Morgan fingerprint density at radius 1 is 1.42 bits per heavy atom. The summed E-state index contributed by atoms with van der Waals surface area (Å²) in [5.41, 5.74) is 6.92. The van der Waals surface area contributed by atoms with Gasteiger partial charge in [-0.05, 0) is 37.9 Å². The molecule has 19 heavy (non-hydrogen) atoms. The van der Waals surface area contributed by atoms with Crippen molar-refractivity contribution in [2.24, 2.45) is 11.8 Å². The van der Waals surface area contributed by atoms with E-state index in [2.05, 4.69) is 11.9 Å². The van der Waals surface area contributed by atoms with Crippen molar-refractivity contribution in [1.82, 2.24) is 0 Å². The molecular weight excluding hydrogens is 276 g/mol. The first-order chi connectivity index (χ1) is 9.11. The second-order valence-corrected chi connectivity index (χ2v) is 7.46. The third-order valence-electron chi connectivity index (χ3n) is 3.83. The van der Waals surface area contributed by atoms with E-state index in [4.69, 9.17) is 5.73 Å². The van der Waals surface area contributed by atoms with E-state index in [1.54, 1.807) is 23.1 Å². The standard InChI is InChI=1S/C14H20N2OS2/c1-16(7-8-3-4-8)14-13(18-2)10(15)12(19-14)11(17)9-5-6-9/h8-9H,3-7,15H2,1-2H3. The van der Waals surface area contributed by atoms with Crippen molar-refractivity contribution in [1.29, 1.82) is 0 Å². The van der Waals surface area contributed by atoms with Crippen LogP contribution in [0.4, 0.5) is 10.7 Å². The minimum atomic E-state index is 0.247. The number of nitrogen functional groups attached to an aromatic ring is 1. The summed E-state index contributed by atoms with van der Waals surface area (Å²) in [4.78, 5) is 16.4. The van der Waals surface area contributed by atoms with Gasteiger partial charge in [-0.25, -0.2) is 0 Å². The maximum atomic E-state index is 12.3. The SMILES string of the molecule is CSc1c(N(C)CC2CC2)sc(C(=O)C2CC2)c1N. The van der Waals surface area contributed by atoms with Crippen molar-refractivity contribution in [3.63, 3.8) is 0 Å². The van der Waals surface area contributed by atoms with Crippen LogP contribution in [0.2, 0.25) is 0 Å². The fourth-order valence-corrected chi connectivity index (χ4v) is 4.55. The first-order valence-corrected chi connectivity index (χ1v) is 8.87. The Kier molecular flexibility index (Phi) is 3.52.